The van der Waals surface area contributed by atoms with Gasteiger partial charge in [-0.3, -0.25) is 4.79 Å². The molecule has 2 aromatic rings. The Balaban J connectivity index is 2.08. The van der Waals surface area contributed by atoms with E-state index < -0.39 is 12.0 Å². The normalized spacial score (nSPS) is 13.6. The fourth-order valence-electron chi connectivity index (χ4n) is 1.89. The van der Waals surface area contributed by atoms with Crippen molar-refractivity contribution in [1.82, 2.24) is 0 Å². The summed E-state index contributed by atoms with van der Waals surface area (Å²) in [5.74, 6) is -0.844. The first-order valence-corrected chi connectivity index (χ1v) is 6.76. The molecule has 1 amide bonds. The molecule has 2 unspecified atom stereocenters. The van der Waals surface area contributed by atoms with Crippen LogP contribution in [0.3, 0.4) is 0 Å². The maximum atomic E-state index is 12.1. The summed E-state index contributed by atoms with van der Waals surface area (Å²) in [7, 11) is 0. The molecular formula is C16H16ClNO2. The largest absolute Gasteiger partial charge is 0.388 e. The van der Waals surface area contributed by atoms with Crippen molar-refractivity contribution < 1.29 is 9.90 Å². The minimum absolute atomic E-state index is 0.269. The van der Waals surface area contributed by atoms with Gasteiger partial charge in [0.2, 0.25) is 5.91 Å². The van der Waals surface area contributed by atoms with Crippen LogP contribution >= 0.6 is 11.6 Å². The Labute approximate surface area is 123 Å². The molecule has 2 aromatic carbocycles. The molecule has 2 N–H and O–H groups in total. The predicted octanol–water partition coefficient (Wildman–Crippen LogP) is 3.65. The van der Waals surface area contributed by atoms with Gasteiger partial charge >= 0.3 is 0 Å². The van der Waals surface area contributed by atoms with E-state index in [0.29, 0.717) is 16.3 Å². The van der Waals surface area contributed by atoms with Gasteiger partial charge in [0, 0.05) is 0 Å². The van der Waals surface area contributed by atoms with Crippen molar-refractivity contribution >= 4 is 23.2 Å². The lowest BCUT2D eigenvalue weighted by Gasteiger charge is -2.19. The smallest absolute Gasteiger partial charge is 0.230 e. The number of rotatable bonds is 4. The van der Waals surface area contributed by atoms with Gasteiger partial charge in [-0.2, -0.15) is 0 Å². The minimum atomic E-state index is -0.848. The third kappa shape index (κ3) is 3.38. The van der Waals surface area contributed by atoms with E-state index in [1.165, 1.54) is 0 Å². The first kappa shape index (κ1) is 14.6. The topological polar surface area (TPSA) is 49.3 Å². The number of carbonyl (C=O) groups excluding carboxylic acids is 1. The zero-order valence-corrected chi connectivity index (χ0v) is 11.8. The lowest BCUT2D eigenvalue weighted by molar-refractivity contribution is -0.122. The van der Waals surface area contributed by atoms with E-state index in [-0.39, 0.29) is 5.91 Å². The molecule has 4 heteroatoms. The van der Waals surface area contributed by atoms with Crippen molar-refractivity contribution in [3.05, 3.63) is 65.2 Å². The molecule has 0 heterocycles. The number of halogens is 1. The van der Waals surface area contributed by atoms with Gasteiger partial charge in [-0.25, -0.2) is 0 Å². The fraction of sp³-hybridized carbons (Fsp3) is 0.188. The zero-order valence-electron chi connectivity index (χ0n) is 11.1. The summed E-state index contributed by atoms with van der Waals surface area (Å²) in [4.78, 5) is 12.1. The first-order chi connectivity index (χ1) is 9.59. The number of aliphatic hydroxyl groups is 1. The Morgan fingerprint density at radius 3 is 2.35 bits per heavy atom. The Kier molecular flexibility index (Phi) is 4.77. The highest BCUT2D eigenvalue weighted by Gasteiger charge is 2.23. The second-order valence-corrected chi connectivity index (χ2v) is 5.02. The van der Waals surface area contributed by atoms with Gasteiger partial charge in [-0.15, -0.1) is 0 Å². The van der Waals surface area contributed by atoms with Crippen LogP contribution < -0.4 is 5.32 Å². The number of amides is 1. The Morgan fingerprint density at radius 2 is 1.70 bits per heavy atom. The lowest BCUT2D eigenvalue weighted by Crippen LogP contribution is -2.26. The van der Waals surface area contributed by atoms with Gasteiger partial charge in [0.05, 0.1) is 22.7 Å². The van der Waals surface area contributed by atoms with Crippen molar-refractivity contribution in [2.45, 2.75) is 13.0 Å². The molecule has 0 spiro atoms. The Morgan fingerprint density at radius 1 is 1.10 bits per heavy atom. The average molecular weight is 290 g/mol. The molecule has 0 saturated heterocycles. The maximum Gasteiger partial charge on any atom is 0.230 e. The molecule has 0 radical (unpaired) electrons. The summed E-state index contributed by atoms with van der Waals surface area (Å²) in [6.07, 6.45) is -0.848. The number of nitrogens with one attached hydrogen (secondary N) is 1. The predicted molar refractivity (Wildman–Crippen MR) is 80.6 cm³/mol. The third-order valence-corrected chi connectivity index (χ3v) is 3.49. The van der Waals surface area contributed by atoms with Gasteiger partial charge in [0.15, 0.2) is 0 Å². The summed E-state index contributed by atoms with van der Waals surface area (Å²) < 4.78 is 0. The molecule has 0 aliphatic heterocycles. The third-order valence-electron chi connectivity index (χ3n) is 3.16. The van der Waals surface area contributed by atoms with Crippen LogP contribution in [0.4, 0.5) is 5.69 Å². The van der Waals surface area contributed by atoms with Crippen LogP contribution in [0.5, 0.6) is 0 Å². The number of hydrogen-bond donors (Lipinski definition) is 2. The average Bonchev–Trinajstić information content (AvgIpc) is 2.49. The molecule has 0 aliphatic carbocycles. The van der Waals surface area contributed by atoms with E-state index in [2.05, 4.69) is 5.32 Å². The molecule has 0 aliphatic rings. The molecule has 0 saturated carbocycles. The van der Waals surface area contributed by atoms with Crippen molar-refractivity contribution in [3.8, 4) is 0 Å². The second kappa shape index (κ2) is 6.55. The van der Waals surface area contributed by atoms with E-state index in [9.17, 15) is 9.90 Å². The molecule has 2 rings (SSSR count). The maximum absolute atomic E-state index is 12.1. The second-order valence-electron chi connectivity index (χ2n) is 4.61. The number of hydrogen-bond acceptors (Lipinski definition) is 2. The summed E-state index contributed by atoms with van der Waals surface area (Å²) in [5.41, 5.74) is 1.26. The molecule has 3 nitrogen and oxygen atoms in total. The van der Waals surface area contributed by atoms with Crippen LogP contribution in [0, 0.1) is 5.92 Å². The van der Waals surface area contributed by atoms with E-state index >= 15 is 0 Å². The highest BCUT2D eigenvalue weighted by Crippen LogP contribution is 2.25. The number of benzene rings is 2. The molecular weight excluding hydrogens is 274 g/mol. The molecule has 20 heavy (non-hydrogen) atoms. The van der Waals surface area contributed by atoms with Crippen LogP contribution in [0.25, 0.3) is 0 Å². The SMILES string of the molecule is CC(C(=O)Nc1ccccc1Cl)C(O)c1ccccc1. The Hall–Kier alpha value is -1.84. The number of carbonyl (C=O) groups is 1. The van der Waals surface area contributed by atoms with E-state index in [1.807, 2.05) is 18.2 Å². The number of aliphatic hydroxyl groups excluding tert-OH is 1. The van der Waals surface area contributed by atoms with Crippen LogP contribution in [0.2, 0.25) is 5.02 Å². The first-order valence-electron chi connectivity index (χ1n) is 6.38. The van der Waals surface area contributed by atoms with E-state index in [0.717, 1.165) is 0 Å². The minimum Gasteiger partial charge on any atom is -0.388 e. The summed E-state index contributed by atoms with van der Waals surface area (Å²) >= 11 is 5.99. The zero-order chi connectivity index (χ0) is 14.5. The lowest BCUT2D eigenvalue weighted by atomic mass is 9.96. The van der Waals surface area contributed by atoms with Crippen LogP contribution in [-0.2, 0) is 4.79 Å². The van der Waals surface area contributed by atoms with Crippen molar-refractivity contribution in [2.75, 3.05) is 5.32 Å². The van der Waals surface area contributed by atoms with Crippen molar-refractivity contribution in [3.63, 3.8) is 0 Å². The monoisotopic (exact) mass is 289 g/mol. The highest BCUT2D eigenvalue weighted by atomic mass is 35.5. The summed E-state index contributed by atoms with van der Waals surface area (Å²) in [6, 6.07) is 16.1. The van der Waals surface area contributed by atoms with Crippen LogP contribution in [0.1, 0.15) is 18.6 Å². The summed E-state index contributed by atoms with van der Waals surface area (Å²) in [6.45, 7) is 1.68. The fourth-order valence-corrected chi connectivity index (χ4v) is 2.07. The molecule has 2 atom stereocenters. The summed E-state index contributed by atoms with van der Waals surface area (Å²) in [5, 5.41) is 13.4. The number of anilines is 1. The van der Waals surface area contributed by atoms with E-state index in [4.69, 9.17) is 11.6 Å². The van der Waals surface area contributed by atoms with Gasteiger partial charge in [0.1, 0.15) is 0 Å². The van der Waals surface area contributed by atoms with Gasteiger partial charge in [-0.05, 0) is 17.7 Å². The standard InChI is InChI=1S/C16H16ClNO2/c1-11(15(19)12-7-3-2-4-8-12)16(20)18-14-10-6-5-9-13(14)17/h2-11,15,19H,1H3,(H,18,20). The van der Waals surface area contributed by atoms with Crippen LogP contribution in [0.15, 0.2) is 54.6 Å². The molecule has 0 bridgehead atoms. The van der Waals surface area contributed by atoms with Gasteiger partial charge < -0.3 is 10.4 Å². The number of para-hydroxylation sites is 1. The van der Waals surface area contributed by atoms with E-state index in [1.54, 1.807) is 43.3 Å². The van der Waals surface area contributed by atoms with Crippen molar-refractivity contribution in [1.29, 1.82) is 0 Å². The molecule has 104 valence electrons. The van der Waals surface area contributed by atoms with Gasteiger partial charge in [-0.1, -0.05) is 61.0 Å². The van der Waals surface area contributed by atoms with Crippen molar-refractivity contribution in [2.24, 2.45) is 5.92 Å². The quantitative estimate of drug-likeness (QED) is 0.902. The Bertz CT molecular complexity index is 586. The van der Waals surface area contributed by atoms with Gasteiger partial charge in [0.25, 0.3) is 0 Å². The molecule has 0 aromatic heterocycles. The molecule has 0 fully saturated rings. The van der Waals surface area contributed by atoms with Crippen LogP contribution in [-0.4, -0.2) is 11.0 Å². The highest BCUT2D eigenvalue weighted by molar-refractivity contribution is 6.33.